The number of allylic oxidation sites excluding steroid dienone is 2. The van der Waals surface area contributed by atoms with Gasteiger partial charge in [0.25, 0.3) is 0 Å². The van der Waals surface area contributed by atoms with Crippen LogP contribution in [0, 0.1) is 0 Å². The van der Waals surface area contributed by atoms with Gasteiger partial charge in [0.1, 0.15) is 6.10 Å². The van der Waals surface area contributed by atoms with Crippen molar-refractivity contribution in [3.05, 3.63) is 36.0 Å². The van der Waals surface area contributed by atoms with Gasteiger partial charge >= 0.3 is 5.97 Å². The number of epoxide rings is 1. The SMILES string of the molecule is CC(=O)O[C@@H](C)/C=C\C(=O)NC1COC(C/C=C(C)/C=C/[C@@H]2C[C@]3(CO3)CC(C)(C)O2)OC1. The standard InChI is InChI=1S/C25H37NO7/c1-17(6-9-21-12-25(16-31-25)15-24(4,5)33-21)7-11-23-29-13-20(14-30-23)26-22(28)10-8-18(2)32-19(3)27/h6-10,18,20-21,23H,11-16H2,1-5H3,(H,26,28)/b9-6+,10-8-,17-7+/t18-,20?,21+,23?,25+/m0/s1. The minimum absolute atomic E-state index is 0.0144. The second kappa shape index (κ2) is 11.0. The van der Waals surface area contributed by atoms with E-state index in [-0.39, 0.29) is 41.5 Å². The molecule has 1 N–H and O–H groups in total. The van der Waals surface area contributed by atoms with E-state index >= 15 is 0 Å². The quantitative estimate of drug-likeness (QED) is 0.256. The molecule has 3 heterocycles. The van der Waals surface area contributed by atoms with Crippen molar-refractivity contribution in [3.8, 4) is 0 Å². The fourth-order valence-electron chi connectivity index (χ4n) is 4.28. The molecule has 0 aliphatic carbocycles. The predicted octanol–water partition coefficient (Wildman–Crippen LogP) is 2.97. The van der Waals surface area contributed by atoms with Gasteiger partial charge in [-0.3, -0.25) is 9.59 Å². The lowest BCUT2D eigenvalue weighted by atomic mass is 9.85. The summed E-state index contributed by atoms with van der Waals surface area (Å²) in [5.74, 6) is -0.669. The Labute approximate surface area is 196 Å². The molecule has 1 spiro atoms. The second-order valence-electron chi connectivity index (χ2n) is 9.79. The predicted molar refractivity (Wildman–Crippen MR) is 122 cm³/mol. The number of carbonyl (C=O) groups excluding carboxylic acids is 2. The van der Waals surface area contributed by atoms with Gasteiger partial charge in [-0.1, -0.05) is 23.8 Å². The summed E-state index contributed by atoms with van der Waals surface area (Å²) in [6.07, 6.45) is 10.9. The summed E-state index contributed by atoms with van der Waals surface area (Å²) in [6.45, 7) is 10.9. The molecule has 3 aliphatic heterocycles. The first-order chi connectivity index (χ1) is 15.5. The summed E-state index contributed by atoms with van der Waals surface area (Å²) in [7, 11) is 0. The summed E-state index contributed by atoms with van der Waals surface area (Å²) >= 11 is 0. The molecule has 8 heteroatoms. The van der Waals surface area contributed by atoms with Crippen molar-refractivity contribution < 1.29 is 33.3 Å². The smallest absolute Gasteiger partial charge is 0.303 e. The van der Waals surface area contributed by atoms with Crippen LogP contribution >= 0.6 is 0 Å². The van der Waals surface area contributed by atoms with E-state index in [0.717, 1.165) is 25.0 Å². The van der Waals surface area contributed by atoms with Crippen LogP contribution in [0.1, 0.15) is 53.9 Å². The summed E-state index contributed by atoms with van der Waals surface area (Å²) in [6, 6.07) is -0.226. The van der Waals surface area contributed by atoms with Gasteiger partial charge in [0.15, 0.2) is 6.29 Å². The van der Waals surface area contributed by atoms with Crippen molar-refractivity contribution in [1.82, 2.24) is 5.32 Å². The Kier molecular flexibility index (Phi) is 8.50. The summed E-state index contributed by atoms with van der Waals surface area (Å²) in [5, 5.41) is 2.82. The Bertz CT molecular complexity index is 783. The number of carbonyl (C=O) groups is 2. The van der Waals surface area contributed by atoms with Crippen LogP contribution in [0.4, 0.5) is 0 Å². The van der Waals surface area contributed by atoms with Gasteiger partial charge in [-0.05, 0) is 33.8 Å². The Hall–Kier alpha value is -2.00. The lowest BCUT2D eigenvalue weighted by molar-refractivity contribution is -0.187. The maximum absolute atomic E-state index is 12.0. The molecule has 3 rings (SSSR count). The van der Waals surface area contributed by atoms with Crippen molar-refractivity contribution >= 4 is 11.9 Å². The minimum Gasteiger partial charge on any atom is -0.459 e. The molecular weight excluding hydrogens is 426 g/mol. The number of nitrogens with one attached hydrogen (secondary N) is 1. The van der Waals surface area contributed by atoms with Gasteiger partial charge in [-0.15, -0.1) is 0 Å². The van der Waals surface area contributed by atoms with Crippen molar-refractivity contribution in [2.24, 2.45) is 0 Å². The molecule has 0 aromatic heterocycles. The van der Waals surface area contributed by atoms with Crippen molar-refractivity contribution in [1.29, 1.82) is 0 Å². The Morgan fingerprint density at radius 3 is 2.52 bits per heavy atom. The first-order valence-corrected chi connectivity index (χ1v) is 11.6. The molecule has 3 saturated heterocycles. The van der Waals surface area contributed by atoms with Crippen molar-refractivity contribution in [2.45, 2.75) is 89.6 Å². The van der Waals surface area contributed by atoms with E-state index in [4.69, 9.17) is 23.7 Å². The van der Waals surface area contributed by atoms with Crippen LogP contribution < -0.4 is 5.32 Å². The zero-order valence-corrected chi connectivity index (χ0v) is 20.3. The van der Waals surface area contributed by atoms with E-state index in [9.17, 15) is 9.59 Å². The average Bonchev–Trinajstić information content (AvgIpc) is 3.46. The van der Waals surface area contributed by atoms with Gasteiger partial charge in [0, 0.05) is 32.3 Å². The van der Waals surface area contributed by atoms with E-state index in [1.165, 1.54) is 19.1 Å². The van der Waals surface area contributed by atoms with Crippen LogP contribution in [0.5, 0.6) is 0 Å². The zero-order valence-electron chi connectivity index (χ0n) is 20.3. The molecular formula is C25H37NO7. The highest BCUT2D eigenvalue weighted by atomic mass is 16.7. The maximum atomic E-state index is 12.0. The number of amides is 1. The minimum atomic E-state index is -0.458. The highest BCUT2D eigenvalue weighted by Gasteiger charge is 2.53. The normalized spacial score (nSPS) is 32.8. The highest BCUT2D eigenvalue weighted by Crippen LogP contribution is 2.46. The Morgan fingerprint density at radius 1 is 1.18 bits per heavy atom. The molecule has 33 heavy (non-hydrogen) atoms. The van der Waals surface area contributed by atoms with E-state index in [2.05, 4.69) is 37.4 Å². The molecule has 0 bridgehead atoms. The topological polar surface area (TPSA) is 95.6 Å². The molecule has 0 aromatic rings. The maximum Gasteiger partial charge on any atom is 0.303 e. The molecule has 3 atom stereocenters. The lowest BCUT2D eigenvalue weighted by Crippen LogP contribution is -2.46. The van der Waals surface area contributed by atoms with Gasteiger partial charge in [0.05, 0.1) is 43.2 Å². The molecule has 8 nitrogen and oxygen atoms in total. The summed E-state index contributed by atoms with van der Waals surface area (Å²) in [4.78, 5) is 22.9. The van der Waals surface area contributed by atoms with Crippen LogP contribution in [-0.4, -0.2) is 67.4 Å². The molecule has 1 amide bonds. The average molecular weight is 464 g/mol. The molecule has 3 fully saturated rings. The van der Waals surface area contributed by atoms with Crippen LogP contribution in [-0.2, 0) is 33.3 Å². The number of hydrogen-bond donors (Lipinski definition) is 1. The van der Waals surface area contributed by atoms with E-state index < -0.39 is 6.10 Å². The third-order valence-electron chi connectivity index (χ3n) is 5.73. The number of hydrogen-bond acceptors (Lipinski definition) is 7. The first-order valence-electron chi connectivity index (χ1n) is 11.6. The number of esters is 1. The molecule has 0 aromatic carbocycles. The summed E-state index contributed by atoms with van der Waals surface area (Å²) < 4.78 is 28.3. The van der Waals surface area contributed by atoms with E-state index in [1.807, 2.05) is 6.92 Å². The van der Waals surface area contributed by atoms with E-state index in [1.54, 1.807) is 6.92 Å². The highest BCUT2D eigenvalue weighted by molar-refractivity contribution is 5.87. The third-order valence-corrected chi connectivity index (χ3v) is 5.73. The van der Waals surface area contributed by atoms with E-state index in [0.29, 0.717) is 19.6 Å². The monoisotopic (exact) mass is 463 g/mol. The van der Waals surface area contributed by atoms with Crippen LogP contribution in [0.25, 0.3) is 0 Å². The van der Waals surface area contributed by atoms with Gasteiger partial charge in [-0.25, -0.2) is 0 Å². The van der Waals surface area contributed by atoms with Crippen LogP contribution in [0.2, 0.25) is 0 Å². The first kappa shape index (κ1) is 25.6. The second-order valence-corrected chi connectivity index (χ2v) is 9.79. The number of rotatable bonds is 8. The largest absolute Gasteiger partial charge is 0.459 e. The Balaban J connectivity index is 1.36. The summed E-state index contributed by atoms with van der Waals surface area (Å²) in [5.41, 5.74) is 0.955. The molecule has 0 saturated carbocycles. The van der Waals surface area contributed by atoms with Crippen LogP contribution in [0.3, 0.4) is 0 Å². The van der Waals surface area contributed by atoms with Crippen LogP contribution in [0.15, 0.2) is 36.0 Å². The number of ether oxygens (including phenoxy) is 5. The third kappa shape index (κ3) is 8.70. The van der Waals surface area contributed by atoms with Gasteiger partial charge in [-0.2, -0.15) is 0 Å². The van der Waals surface area contributed by atoms with Crippen molar-refractivity contribution in [2.75, 3.05) is 19.8 Å². The molecule has 184 valence electrons. The molecule has 3 aliphatic rings. The fraction of sp³-hybridized carbons (Fsp3) is 0.680. The lowest BCUT2D eigenvalue weighted by Gasteiger charge is -2.38. The molecule has 0 unspecified atom stereocenters. The Morgan fingerprint density at radius 2 is 1.88 bits per heavy atom. The van der Waals surface area contributed by atoms with Gasteiger partial charge in [0.2, 0.25) is 5.91 Å². The van der Waals surface area contributed by atoms with Gasteiger partial charge < -0.3 is 29.0 Å². The zero-order chi connectivity index (χ0) is 24.1. The van der Waals surface area contributed by atoms with Crippen molar-refractivity contribution in [3.63, 3.8) is 0 Å². The fourth-order valence-corrected chi connectivity index (χ4v) is 4.28. The molecule has 0 radical (unpaired) electrons.